The van der Waals surface area contributed by atoms with Crippen molar-refractivity contribution in [2.24, 2.45) is 0 Å². The van der Waals surface area contributed by atoms with Crippen LogP contribution in [0.3, 0.4) is 0 Å². The molecule has 30 heteroatoms. The predicted octanol–water partition coefficient (Wildman–Crippen LogP) is 2.42. The molecule has 0 aliphatic heterocycles. The van der Waals surface area contributed by atoms with Crippen LogP contribution in [0.25, 0.3) is 12.2 Å². The second-order valence-corrected chi connectivity index (χ2v) is 19.2. The summed E-state index contributed by atoms with van der Waals surface area (Å²) in [5.41, 5.74) is 1.42. The van der Waals surface area contributed by atoms with E-state index in [1.165, 1.54) is 65.4 Å². The standard InChI is InChI=1S/C47H57N15O13S2/c1-3-18-48-40(67)32-8-12-34(13-9-32)50-42-54-44(58-46(56-42)61(19-23-63)20-24-64)52-36-16-6-30(38(27-36)76(70,71)72)4-5-31-7-17-37(28-39(31)77(73,74)75)53-45-55-43(57-47(59-45)62(21-25-65)22-26-66)51-35-14-10-33(11-15-35)41(68)49-29-60(2)69/h4-17,27-28,63-66,69H,3,18-26,29H2,1-2H3,(H,48,67)(H,49,68)(H,70,71,72)(H,73,74,75)(H2,50,52,54,56,58)(H2,51,53,55,57,59)/b5-4+. The maximum absolute atomic E-state index is 12.9. The molecule has 0 bridgehead atoms. The minimum absolute atomic E-state index is 0.00164. The molecule has 0 radical (unpaired) electrons. The van der Waals surface area contributed by atoms with Crippen molar-refractivity contribution in [2.75, 3.05) is 104 Å². The van der Waals surface area contributed by atoms with Crippen LogP contribution in [0.2, 0.25) is 0 Å². The lowest BCUT2D eigenvalue weighted by atomic mass is 10.1. The first-order valence-corrected chi connectivity index (χ1v) is 26.3. The van der Waals surface area contributed by atoms with Gasteiger partial charge in [-0.3, -0.25) is 18.7 Å². The molecule has 0 saturated heterocycles. The van der Waals surface area contributed by atoms with E-state index in [1.807, 2.05) is 6.92 Å². The molecular weight excluding hydrogens is 1050 g/mol. The Balaban J connectivity index is 1.28. The zero-order valence-electron chi connectivity index (χ0n) is 41.4. The fourth-order valence-electron chi connectivity index (χ4n) is 7.02. The van der Waals surface area contributed by atoms with Gasteiger partial charge in [-0.25, -0.2) is 0 Å². The summed E-state index contributed by atoms with van der Waals surface area (Å²) in [4.78, 5) is 53.0. The highest BCUT2D eigenvalue weighted by Gasteiger charge is 2.21. The summed E-state index contributed by atoms with van der Waals surface area (Å²) in [5.74, 6) is -1.10. The summed E-state index contributed by atoms with van der Waals surface area (Å²) in [6, 6.07) is 20.1. The predicted molar refractivity (Wildman–Crippen MR) is 284 cm³/mol. The molecule has 2 amide bonds. The molecule has 0 spiro atoms. The van der Waals surface area contributed by atoms with E-state index in [1.54, 1.807) is 36.4 Å². The van der Waals surface area contributed by atoms with Gasteiger partial charge in [0.25, 0.3) is 32.1 Å². The number of benzene rings is 4. The average Bonchev–Trinajstić information content (AvgIpc) is 3.39. The summed E-state index contributed by atoms with van der Waals surface area (Å²) >= 11 is 0. The Morgan fingerprint density at radius 3 is 1.18 bits per heavy atom. The van der Waals surface area contributed by atoms with Crippen molar-refractivity contribution in [3.05, 3.63) is 107 Å². The summed E-state index contributed by atoms with van der Waals surface area (Å²) in [5, 5.41) is 66.2. The monoisotopic (exact) mass is 1100 g/mol. The summed E-state index contributed by atoms with van der Waals surface area (Å²) in [6.45, 7) is 1.01. The number of hydrogen-bond donors (Lipinski definition) is 13. The molecule has 0 fully saturated rings. The quantitative estimate of drug-likeness (QED) is 0.0145. The summed E-state index contributed by atoms with van der Waals surface area (Å²) < 4.78 is 72.3. The van der Waals surface area contributed by atoms with Gasteiger partial charge < -0.3 is 67.3 Å². The molecule has 13 N–H and O–H groups in total. The molecule has 28 nitrogen and oxygen atoms in total. The van der Waals surface area contributed by atoms with Crippen molar-refractivity contribution >= 4 is 103 Å². The Labute approximate surface area is 442 Å². The second-order valence-electron chi connectivity index (χ2n) is 16.5. The van der Waals surface area contributed by atoms with Gasteiger partial charge in [-0.2, -0.15) is 51.8 Å². The summed E-state index contributed by atoms with van der Waals surface area (Å²) in [7, 11) is -8.62. The molecule has 0 atom stereocenters. The van der Waals surface area contributed by atoms with Crippen LogP contribution in [-0.2, 0) is 20.2 Å². The van der Waals surface area contributed by atoms with Crippen LogP contribution in [0.1, 0.15) is 45.2 Å². The van der Waals surface area contributed by atoms with Gasteiger partial charge in [-0.05, 0) is 90.3 Å². The normalized spacial score (nSPS) is 11.6. The van der Waals surface area contributed by atoms with Crippen LogP contribution in [0.5, 0.6) is 0 Å². The van der Waals surface area contributed by atoms with E-state index in [0.29, 0.717) is 23.5 Å². The van der Waals surface area contributed by atoms with E-state index in [0.717, 1.165) is 23.6 Å². The number of carbonyl (C=O) groups is 2. The number of aliphatic hydroxyl groups is 4. The molecule has 77 heavy (non-hydrogen) atoms. The molecule has 4 aromatic carbocycles. The third kappa shape index (κ3) is 17.0. The highest BCUT2D eigenvalue weighted by molar-refractivity contribution is 7.86. The minimum Gasteiger partial charge on any atom is -0.395 e. The number of aliphatic hydroxyl groups excluding tert-OH is 4. The number of hydroxylamine groups is 2. The lowest BCUT2D eigenvalue weighted by Gasteiger charge is -2.21. The molecule has 0 aliphatic carbocycles. The van der Waals surface area contributed by atoms with Crippen LogP contribution in [0.4, 0.5) is 58.4 Å². The highest BCUT2D eigenvalue weighted by atomic mass is 32.2. The average molecular weight is 1100 g/mol. The molecule has 0 unspecified atom stereocenters. The number of aromatic nitrogens is 6. The van der Waals surface area contributed by atoms with E-state index >= 15 is 0 Å². The van der Waals surface area contributed by atoms with Crippen LogP contribution < -0.4 is 41.7 Å². The molecule has 6 aromatic rings. The largest absolute Gasteiger partial charge is 0.395 e. The Morgan fingerprint density at radius 2 is 0.857 bits per heavy atom. The van der Waals surface area contributed by atoms with E-state index < -0.39 is 35.9 Å². The molecule has 0 aliphatic rings. The van der Waals surface area contributed by atoms with Gasteiger partial charge in [0.2, 0.25) is 35.7 Å². The SMILES string of the molecule is CCCNC(=O)c1ccc(Nc2nc(Nc3ccc(/C=C/c4ccc(Nc5nc(Nc6ccc(C(=O)NCN(C)O)cc6)nc(N(CCO)CCO)n5)cc4S(=O)(=O)O)c(S(=O)(=O)O)c3)nc(N(CCO)CCO)n2)cc1. The Morgan fingerprint density at radius 1 is 0.519 bits per heavy atom. The number of nitrogens with zero attached hydrogens (tertiary/aromatic N) is 9. The smallest absolute Gasteiger partial charge is 0.295 e. The first-order chi connectivity index (χ1) is 36.8. The molecule has 6 rings (SSSR count). The van der Waals surface area contributed by atoms with E-state index in [9.17, 15) is 61.2 Å². The van der Waals surface area contributed by atoms with Gasteiger partial charge in [0.05, 0.1) is 33.1 Å². The number of rotatable bonds is 28. The number of anilines is 10. The molecule has 410 valence electrons. The van der Waals surface area contributed by atoms with Crippen LogP contribution in [-0.4, -0.2) is 171 Å². The third-order valence-corrected chi connectivity index (χ3v) is 12.5. The fraction of sp³-hybridized carbons (Fsp3) is 0.277. The zero-order chi connectivity index (χ0) is 55.7. The van der Waals surface area contributed by atoms with Gasteiger partial charge in [-0.15, -0.1) is 0 Å². The van der Waals surface area contributed by atoms with Crippen molar-refractivity contribution in [1.29, 1.82) is 0 Å². The van der Waals surface area contributed by atoms with Crippen molar-refractivity contribution in [1.82, 2.24) is 45.6 Å². The van der Waals surface area contributed by atoms with Crippen LogP contribution >= 0.6 is 0 Å². The van der Waals surface area contributed by atoms with Gasteiger partial charge in [-0.1, -0.05) is 31.2 Å². The topological polar surface area (TPSA) is 403 Å². The third-order valence-electron chi connectivity index (χ3n) is 10.6. The Bertz CT molecular complexity index is 3240. The second kappa shape index (κ2) is 27.1. The Hall–Kier alpha value is -8.04. The first-order valence-electron chi connectivity index (χ1n) is 23.4. The Kier molecular flexibility index (Phi) is 20.5. The number of nitrogens with one attached hydrogen (secondary N) is 6. The molecule has 2 aromatic heterocycles. The number of amides is 2. The van der Waals surface area contributed by atoms with Crippen molar-refractivity contribution in [3.8, 4) is 0 Å². The van der Waals surface area contributed by atoms with E-state index in [2.05, 4.69) is 61.8 Å². The fourth-order valence-corrected chi connectivity index (χ4v) is 8.44. The molecular formula is C47H57N15O13S2. The summed E-state index contributed by atoms with van der Waals surface area (Å²) in [6.07, 6.45) is 3.13. The van der Waals surface area contributed by atoms with E-state index in [-0.39, 0.29) is 129 Å². The molecule has 2 heterocycles. The minimum atomic E-state index is -5.00. The van der Waals surface area contributed by atoms with E-state index in [4.69, 9.17) is 0 Å². The first kappa shape index (κ1) is 58.2. The maximum Gasteiger partial charge on any atom is 0.295 e. The highest BCUT2D eigenvalue weighted by Crippen LogP contribution is 2.30. The maximum atomic E-state index is 12.9. The number of hydrogen-bond acceptors (Lipinski definition) is 24. The molecule has 0 saturated carbocycles. The van der Waals surface area contributed by atoms with Gasteiger partial charge in [0.1, 0.15) is 9.79 Å². The van der Waals surface area contributed by atoms with Crippen molar-refractivity contribution < 1.29 is 61.2 Å². The van der Waals surface area contributed by atoms with Crippen LogP contribution in [0.15, 0.2) is 94.7 Å². The lowest BCUT2D eigenvalue weighted by molar-refractivity contribution is -0.0689. The van der Waals surface area contributed by atoms with Gasteiger partial charge in [0.15, 0.2) is 0 Å². The lowest BCUT2D eigenvalue weighted by Crippen LogP contribution is -2.33. The number of carbonyl (C=O) groups excluding carboxylic acids is 2. The van der Waals surface area contributed by atoms with Gasteiger partial charge >= 0.3 is 0 Å². The van der Waals surface area contributed by atoms with Crippen molar-refractivity contribution in [3.63, 3.8) is 0 Å². The van der Waals surface area contributed by atoms with Crippen LogP contribution in [0, 0.1) is 0 Å². The van der Waals surface area contributed by atoms with Crippen molar-refractivity contribution in [2.45, 2.75) is 23.1 Å². The van der Waals surface area contributed by atoms with Gasteiger partial charge in [0, 0.05) is 73.6 Å². The zero-order valence-corrected chi connectivity index (χ0v) is 43.1.